The monoisotopic (exact) mass is 298 g/mol. The van der Waals surface area contributed by atoms with Crippen LogP contribution in [0.2, 0.25) is 0 Å². The molecule has 0 aliphatic heterocycles. The Labute approximate surface area is 98.8 Å². The Morgan fingerprint density at radius 1 is 0.846 bits per heavy atom. The number of hydrogen-bond acceptors (Lipinski definition) is 0. The maximum absolute atomic E-state index is 5.76. The first-order valence-corrected chi connectivity index (χ1v) is 10.1. The van der Waals surface area contributed by atoms with Crippen molar-refractivity contribution < 1.29 is 0 Å². The summed E-state index contributed by atoms with van der Waals surface area (Å²) in [5, 5.41) is 0. The van der Waals surface area contributed by atoms with Crippen LogP contribution in [0.4, 0.5) is 0 Å². The fraction of sp³-hybridized carbons (Fsp3) is 0.143. The topological polar surface area (TPSA) is 0 Å². The molecule has 76 valence electrons. The summed E-state index contributed by atoms with van der Waals surface area (Å²) in [6.45, 7) is 0. The van der Waals surface area contributed by atoms with Gasteiger partial charge in [0.1, 0.15) is 0 Å². The number of halogens is 5. The molecule has 13 heavy (non-hydrogen) atoms. The average molecular weight is 300 g/mol. The van der Waals surface area contributed by atoms with Crippen molar-refractivity contribution in [3.8, 4) is 0 Å². The second-order valence-corrected chi connectivity index (χ2v) is 22.6. The van der Waals surface area contributed by atoms with E-state index in [1.165, 1.54) is 0 Å². The van der Waals surface area contributed by atoms with Crippen molar-refractivity contribution >= 4 is 57.8 Å². The van der Waals surface area contributed by atoms with Crippen molar-refractivity contribution in [3.05, 3.63) is 35.9 Å². The molecule has 0 aliphatic carbocycles. The first-order chi connectivity index (χ1) is 5.55. The van der Waals surface area contributed by atoms with Crippen LogP contribution in [0.15, 0.2) is 30.3 Å². The molecule has 1 aromatic rings. The van der Waals surface area contributed by atoms with Crippen molar-refractivity contribution in [1.29, 1.82) is 0 Å². The summed E-state index contributed by atoms with van der Waals surface area (Å²) in [4.78, 5) is 0. The lowest BCUT2D eigenvalue weighted by Crippen LogP contribution is -2.01. The van der Waals surface area contributed by atoms with Gasteiger partial charge < -0.3 is 0 Å². The van der Waals surface area contributed by atoms with E-state index in [9.17, 15) is 0 Å². The minimum Gasteiger partial charge on any atom is -0.0622 e. The van der Waals surface area contributed by atoms with Gasteiger partial charge in [0.2, 0.25) is 0 Å². The molecular weight excluding hydrogens is 293 g/mol. The fourth-order valence-corrected chi connectivity index (χ4v) is 3.60. The van der Waals surface area contributed by atoms with Crippen LogP contribution >= 0.6 is 57.8 Å². The summed E-state index contributed by atoms with van der Waals surface area (Å²) in [5.41, 5.74) is 0.800. The molecule has 1 aromatic carbocycles. The quantitative estimate of drug-likeness (QED) is 0.644. The first kappa shape index (κ1) is 12.1. The third-order valence-corrected chi connectivity index (χ3v) is 3.80. The van der Waals surface area contributed by atoms with Gasteiger partial charge in [-0.2, -0.15) is 0 Å². The summed E-state index contributed by atoms with van der Waals surface area (Å²) >= 11 is 0. The molecule has 0 N–H and O–H groups in total. The van der Waals surface area contributed by atoms with E-state index in [1.54, 1.807) is 12.1 Å². The third-order valence-electron chi connectivity index (χ3n) is 1.28. The molecule has 0 spiro atoms. The van der Waals surface area contributed by atoms with Gasteiger partial charge in [-0.3, -0.25) is 0 Å². The van der Waals surface area contributed by atoms with Crippen LogP contribution in [0.5, 0.6) is 0 Å². The number of rotatable bonds is 2. The average Bonchev–Trinajstić information content (AvgIpc) is 1.82. The molecule has 6 heteroatoms. The summed E-state index contributed by atoms with van der Waals surface area (Å²) in [7, 11) is 28.8. The molecule has 0 saturated carbocycles. The van der Waals surface area contributed by atoms with Gasteiger partial charge in [0.05, 0.1) is 0 Å². The zero-order chi connectivity index (χ0) is 10.2. The summed E-state index contributed by atoms with van der Waals surface area (Å²) in [6.07, 6.45) is 0. The predicted octanol–water partition coefficient (Wildman–Crippen LogP) is 5.83. The minimum atomic E-state index is -4.43. The molecule has 1 rings (SSSR count). The number of benzene rings is 1. The Hall–Kier alpha value is 1.02. The Bertz CT molecular complexity index is 299. The van der Waals surface area contributed by atoms with E-state index in [0.29, 0.717) is 0 Å². The van der Waals surface area contributed by atoms with Crippen molar-refractivity contribution in [2.24, 2.45) is 0 Å². The fourth-order valence-electron chi connectivity index (χ4n) is 0.889. The van der Waals surface area contributed by atoms with E-state index in [2.05, 4.69) is 0 Å². The van der Waals surface area contributed by atoms with Crippen LogP contribution in [0.3, 0.4) is 0 Å². The van der Waals surface area contributed by atoms with Crippen LogP contribution in [0.25, 0.3) is 0 Å². The third kappa shape index (κ3) is 6.16. The molecule has 0 atom stereocenters. The largest absolute Gasteiger partial charge is 0.0622 e. The van der Waals surface area contributed by atoms with E-state index < -0.39 is 4.36 Å². The normalized spacial score (nSPS) is 17.6. The van der Waals surface area contributed by atoms with Gasteiger partial charge in [-0.1, -0.05) is 30.3 Å². The number of hydrogen-bond donors (Lipinski definition) is 0. The van der Waals surface area contributed by atoms with Crippen LogP contribution in [-0.2, 0) is 5.75 Å². The van der Waals surface area contributed by atoms with E-state index >= 15 is 0 Å². The van der Waals surface area contributed by atoms with Crippen LogP contribution in [0.1, 0.15) is 5.56 Å². The highest BCUT2D eigenvalue weighted by atomic mass is 36.6. The van der Waals surface area contributed by atoms with Crippen LogP contribution < -0.4 is 0 Å². The zero-order valence-electron chi connectivity index (χ0n) is 6.39. The lowest BCUT2D eigenvalue weighted by atomic mass is 10.2. The summed E-state index contributed by atoms with van der Waals surface area (Å²) in [5.74, 6) is 0.0363. The summed E-state index contributed by atoms with van der Waals surface area (Å²) in [6, 6.07) is 9.13. The van der Waals surface area contributed by atoms with Gasteiger partial charge in [-0.25, -0.2) is 0 Å². The van der Waals surface area contributed by atoms with Crippen molar-refractivity contribution in [3.63, 3.8) is 0 Å². The second kappa shape index (κ2) is 3.01. The minimum absolute atomic E-state index is 0.0363. The molecule has 0 heterocycles. The van der Waals surface area contributed by atoms with E-state index in [-0.39, 0.29) is 5.75 Å². The summed E-state index contributed by atoms with van der Waals surface area (Å²) < 4.78 is -4.43. The first-order valence-electron chi connectivity index (χ1n) is 3.32. The highest BCUT2D eigenvalue weighted by Gasteiger charge is 2.51. The molecule has 0 radical (unpaired) electrons. The smallest absolute Gasteiger partial charge is 0.0474 e. The highest BCUT2D eigenvalue weighted by molar-refractivity contribution is 9.23. The van der Waals surface area contributed by atoms with Gasteiger partial charge in [-0.15, -0.1) is 0 Å². The highest BCUT2D eigenvalue weighted by Crippen LogP contribution is 3.10. The van der Waals surface area contributed by atoms with Gasteiger partial charge >= 0.3 is 0 Å². The molecule has 0 saturated heterocycles. The molecule has 0 aliphatic rings. The Kier molecular flexibility index (Phi) is 2.79. The van der Waals surface area contributed by atoms with Gasteiger partial charge in [0, 0.05) is 10.1 Å². The van der Waals surface area contributed by atoms with Crippen LogP contribution in [-0.4, -0.2) is 0 Å². The Morgan fingerprint density at radius 2 is 1.31 bits per heavy atom. The predicted molar refractivity (Wildman–Crippen MR) is 67.0 cm³/mol. The second-order valence-electron chi connectivity index (χ2n) is 2.76. The van der Waals surface area contributed by atoms with Gasteiger partial charge in [0.15, 0.2) is 0 Å². The van der Waals surface area contributed by atoms with Gasteiger partial charge in [-0.05, 0) is 59.0 Å². The van der Waals surface area contributed by atoms with Crippen molar-refractivity contribution in [1.82, 2.24) is 0 Å². The molecule has 0 nitrogen and oxygen atoms in total. The van der Waals surface area contributed by atoms with Crippen molar-refractivity contribution in [2.75, 3.05) is 0 Å². The Balaban J connectivity index is 2.96. The van der Waals surface area contributed by atoms with Crippen LogP contribution in [0, 0.1) is 0 Å². The van der Waals surface area contributed by atoms with Crippen molar-refractivity contribution in [2.45, 2.75) is 5.75 Å². The zero-order valence-corrected chi connectivity index (χ0v) is 11.0. The molecular formula is C7H7Cl5S. The molecule has 0 fully saturated rings. The lowest BCUT2D eigenvalue weighted by molar-refractivity contribution is 1.42. The lowest BCUT2D eigenvalue weighted by Gasteiger charge is -2.50. The van der Waals surface area contributed by atoms with E-state index in [4.69, 9.17) is 53.4 Å². The molecule has 0 aromatic heterocycles. The standard InChI is InChI=1S/C7H7Cl5S/c8-13(9,10,11,12)6-7-4-2-1-3-5-7/h1-5H,6H2. The molecule has 0 unspecified atom stereocenters. The van der Waals surface area contributed by atoms with E-state index in [1.807, 2.05) is 18.2 Å². The van der Waals surface area contributed by atoms with Gasteiger partial charge in [0.25, 0.3) is 0 Å². The Morgan fingerprint density at radius 3 is 1.69 bits per heavy atom. The maximum Gasteiger partial charge on any atom is 0.0474 e. The molecule has 0 bridgehead atoms. The van der Waals surface area contributed by atoms with E-state index in [0.717, 1.165) is 5.56 Å². The molecule has 0 amide bonds. The maximum atomic E-state index is 5.76. The SMILES string of the molecule is ClS(Cl)(Cl)(Cl)(Cl)Cc1ccccc1.